The summed E-state index contributed by atoms with van der Waals surface area (Å²) in [5.74, 6) is 1.19. The summed E-state index contributed by atoms with van der Waals surface area (Å²) in [6, 6.07) is 1.16. The largest absolute Gasteiger partial charge is 0.347 e. The van der Waals surface area contributed by atoms with Crippen LogP contribution in [0.1, 0.15) is 18.3 Å². The molecule has 5 heteroatoms. The molecule has 1 aliphatic heterocycles. The first-order valence-electron chi connectivity index (χ1n) is 6.14. The fraction of sp³-hybridized carbons (Fsp3) is 0.750. The molecule has 0 amide bonds. The molecule has 0 bridgehead atoms. The van der Waals surface area contributed by atoms with Crippen molar-refractivity contribution >= 4 is 11.8 Å². The zero-order valence-electron chi connectivity index (χ0n) is 10.9. The molecule has 2 atom stereocenters. The van der Waals surface area contributed by atoms with E-state index >= 15 is 0 Å². The van der Waals surface area contributed by atoms with E-state index in [1.54, 1.807) is 6.33 Å². The molecule has 1 aromatic rings. The summed E-state index contributed by atoms with van der Waals surface area (Å²) in [5.41, 5.74) is 2.49. The van der Waals surface area contributed by atoms with Crippen molar-refractivity contribution in [2.24, 2.45) is 0 Å². The van der Waals surface area contributed by atoms with Gasteiger partial charge in [-0.15, -0.1) is 0 Å². The maximum atomic E-state index is 4.38. The lowest BCUT2D eigenvalue weighted by atomic mass is 10.0. The first kappa shape index (κ1) is 12.9. The van der Waals surface area contributed by atoms with E-state index in [4.69, 9.17) is 0 Å². The van der Waals surface area contributed by atoms with Crippen LogP contribution in [0.4, 0.5) is 0 Å². The quantitative estimate of drug-likeness (QED) is 0.826. The summed E-state index contributed by atoms with van der Waals surface area (Å²) >= 11 is 1.91. The van der Waals surface area contributed by atoms with Gasteiger partial charge in [0.15, 0.2) is 0 Å². The number of rotatable bonds is 5. The van der Waals surface area contributed by atoms with Crippen LogP contribution < -0.4 is 5.32 Å². The molecule has 0 aromatic carbocycles. The minimum Gasteiger partial charge on any atom is -0.347 e. The van der Waals surface area contributed by atoms with E-state index in [0.29, 0.717) is 12.1 Å². The summed E-state index contributed by atoms with van der Waals surface area (Å²) < 4.78 is 0. The van der Waals surface area contributed by atoms with E-state index < -0.39 is 0 Å². The Labute approximate surface area is 108 Å². The van der Waals surface area contributed by atoms with E-state index in [0.717, 1.165) is 19.5 Å². The lowest BCUT2D eigenvalue weighted by molar-refractivity contribution is 0.238. The van der Waals surface area contributed by atoms with Gasteiger partial charge in [0, 0.05) is 37.3 Å². The Kier molecular flexibility index (Phi) is 4.48. The van der Waals surface area contributed by atoms with Gasteiger partial charge < -0.3 is 15.2 Å². The van der Waals surface area contributed by atoms with E-state index in [9.17, 15) is 0 Å². The number of aromatic nitrogens is 2. The molecule has 2 N–H and O–H groups in total. The molecule has 0 saturated heterocycles. The minimum absolute atomic E-state index is 0.528. The normalized spacial score (nSPS) is 21.5. The molecule has 1 aromatic heterocycles. The Bertz CT molecular complexity index is 352. The second kappa shape index (κ2) is 5.89. The number of nitrogens with zero attached hydrogens (tertiary/aromatic N) is 2. The molecule has 17 heavy (non-hydrogen) atoms. The van der Waals surface area contributed by atoms with E-state index in [-0.39, 0.29) is 0 Å². The number of imidazole rings is 1. The van der Waals surface area contributed by atoms with Crippen LogP contribution in [0, 0.1) is 0 Å². The number of likely N-dealkylation sites (N-methyl/N-ethyl adjacent to an activating group) is 1. The van der Waals surface area contributed by atoms with Crippen LogP contribution >= 0.6 is 11.8 Å². The monoisotopic (exact) mass is 254 g/mol. The predicted octanol–water partition coefficient (Wildman–Crippen LogP) is 1.11. The summed E-state index contributed by atoms with van der Waals surface area (Å²) in [6.07, 6.45) is 5.00. The average molecular weight is 254 g/mol. The number of hydrogen-bond acceptors (Lipinski definition) is 4. The third-order valence-electron chi connectivity index (χ3n) is 3.48. The van der Waals surface area contributed by atoms with Crippen molar-refractivity contribution in [3.63, 3.8) is 0 Å². The molecule has 1 aliphatic rings. The summed E-state index contributed by atoms with van der Waals surface area (Å²) in [4.78, 5) is 10.00. The van der Waals surface area contributed by atoms with Crippen LogP contribution in [0.25, 0.3) is 0 Å². The first-order chi connectivity index (χ1) is 8.20. The van der Waals surface area contributed by atoms with Crippen LogP contribution in [0.2, 0.25) is 0 Å². The Morgan fingerprint density at radius 2 is 2.47 bits per heavy atom. The summed E-state index contributed by atoms with van der Waals surface area (Å²) in [7, 11) is 2.21. The van der Waals surface area contributed by atoms with Crippen molar-refractivity contribution in [3.8, 4) is 0 Å². The van der Waals surface area contributed by atoms with Crippen molar-refractivity contribution in [2.75, 3.05) is 25.6 Å². The van der Waals surface area contributed by atoms with Crippen molar-refractivity contribution < 1.29 is 0 Å². The maximum Gasteiger partial charge on any atom is 0.0925 e. The molecular weight excluding hydrogens is 232 g/mol. The third kappa shape index (κ3) is 3.24. The first-order valence-corrected chi connectivity index (χ1v) is 7.53. The van der Waals surface area contributed by atoms with Gasteiger partial charge in [0.1, 0.15) is 0 Å². The van der Waals surface area contributed by atoms with Crippen LogP contribution in [0.3, 0.4) is 0 Å². The van der Waals surface area contributed by atoms with Gasteiger partial charge in [-0.1, -0.05) is 0 Å². The second-order valence-electron chi connectivity index (χ2n) is 4.85. The maximum absolute atomic E-state index is 4.38. The molecule has 0 radical (unpaired) electrons. The number of thioether (sulfide) groups is 1. The molecule has 0 aliphatic carbocycles. The zero-order valence-corrected chi connectivity index (χ0v) is 11.7. The molecule has 2 rings (SSSR count). The molecule has 0 fully saturated rings. The number of fused-ring (bicyclic) bond motifs is 1. The SMILES string of the molecule is CSCC(C)N(C)CC1Cc2nc[nH]c2CN1. The molecule has 2 unspecified atom stereocenters. The van der Waals surface area contributed by atoms with Gasteiger partial charge >= 0.3 is 0 Å². The lowest BCUT2D eigenvalue weighted by Gasteiger charge is -2.31. The van der Waals surface area contributed by atoms with Gasteiger partial charge in [-0.2, -0.15) is 11.8 Å². The van der Waals surface area contributed by atoms with Crippen molar-refractivity contribution in [3.05, 3.63) is 17.7 Å². The second-order valence-corrected chi connectivity index (χ2v) is 5.76. The van der Waals surface area contributed by atoms with E-state index in [2.05, 4.69) is 40.4 Å². The van der Waals surface area contributed by atoms with Gasteiger partial charge in [0.2, 0.25) is 0 Å². The van der Waals surface area contributed by atoms with Crippen LogP contribution in [0.5, 0.6) is 0 Å². The van der Waals surface area contributed by atoms with Gasteiger partial charge in [-0.05, 0) is 20.2 Å². The molecular formula is C12H22N4S. The van der Waals surface area contributed by atoms with Gasteiger partial charge in [0.05, 0.1) is 17.7 Å². The highest BCUT2D eigenvalue weighted by molar-refractivity contribution is 7.98. The third-order valence-corrected chi connectivity index (χ3v) is 4.30. The number of H-pyrrole nitrogens is 1. The number of nitrogens with one attached hydrogen (secondary N) is 2. The summed E-state index contributed by atoms with van der Waals surface area (Å²) in [6.45, 7) is 4.30. The highest BCUT2D eigenvalue weighted by atomic mass is 32.2. The summed E-state index contributed by atoms with van der Waals surface area (Å²) in [5, 5.41) is 3.57. The van der Waals surface area contributed by atoms with Crippen molar-refractivity contribution in [1.82, 2.24) is 20.2 Å². The standard InChI is InChI=1S/C12H22N4S/c1-9(7-17-3)16(2)6-10-4-11-12(5-13-10)15-8-14-11/h8-10,13H,4-7H2,1-3H3,(H,14,15). The Morgan fingerprint density at radius 3 is 3.24 bits per heavy atom. The van der Waals surface area contributed by atoms with Gasteiger partial charge in [-0.3, -0.25) is 0 Å². The Hall–Kier alpha value is -0.520. The predicted molar refractivity (Wildman–Crippen MR) is 73.4 cm³/mol. The Morgan fingerprint density at radius 1 is 1.65 bits per heavy atom. The van der Waals surface area contributed by atoms with Crippen molar-refractivity contribution in [2.45, 2.75) is 32.0 Å². The fourth-order valence-corrected chi connectivity index (χ4v) is 2.99. The zero-order chi connectivity index (χ0) is 12.3. The molecule has 0 spiro atoms. The molecule has 0 saturated carbocycles. The lowest BCUT2D eigenvalue weighted by Crippen LogP contribution is -2.46. The van der Waals surface area contributed by atoms with E-state index in [1.165, 1.54) is 17.1 Å². The smallest absolute Gasteiger partial charge is 0.0925 e. The van der Waals surface area contributed by atoms with Gasteiger partial charge in [0.25, 0.3) is 0 Å². The average Bonchev–Trinajstić information content (AvgIpc) is 2.76. The van der Waals surface area contributed by atoms with E-state index in [1.807, 2.05) is 11.8 Å². The number of aromatic amines is 1. The Balaban J connectivity index is 1.85. The van der Waals surface area contributed by atoms with Crippen LogP contribution in [-0.2, 0) is 13.0 Å². The van der Waals surface area contributed by atoms with Gasteiger partial charge in [-0.25, -0.2) is 4.98 Å². The highest BCUT2D eigenvalue weighted by Crippen LogP contribution is 2.13. The van der Waals surface area contributed by atoms with Crippen LogP contribution in [-0.4, -0.2) is 52.6 Å². The molecule has 4 nitrogen and oxygen atoms in total. The van der Waals surface area contributed by atoms with Crippen molar-refractivity contribution in [1.29, 1.82) is 0 Å². The highest BCUT2D eigenvalue weighted by Gasteiger charge is 2.22. The molecule has 2 heterocycles. The topological polar surface area (TPSA) is 44.0 Å². The fourth-order valence-electron chi connectivity index (χ4n) is 2.26. The minimum atomic E-state index is 0.528. The number of hydrogen-bond donors (Lipinski definition) is 2. The molecule has 96 valence electrons. The van der Waals surface area contributed by atoms with Crippen LogP contribution in [0.15, 0.2) is 6.33 Å².